The van der Waals surface area contributed by atoms with Gasteiger partial charge in [-0.15, -0.1) is 0 Å². The molecule has 3 rings (SSSR count). The van der Waals surface area contributed by atoms with Gasteiger partial charge in [0.15, 0.2) is 6.54 Å². The minimum Gasteiger partial charge on any atom is -0.378 e. The first-order valence-electron chi connectivity index (χ1n) is 9.23. The van der Waals surface area contributed by atoms with E-state index in [0.717, 1.165) is 32.0 Å². The van der Waals surface area contributed by atoms with Crippen molar-refractivity contribution in [1.82, 2.24) is 0 Å². The van der Waals surface area contributed by atoms with E-state index >= 15 is 0 Å². The number of nitrogens with one attached hydrogen (secondary N) is 2. The van der Waals surface area contributed by atoms with Crippen LogP contribution in [0.3, 0.4) is 0 Å². The molecule has 0 bridgehead atoms. The minimum atomic E-state index is 0.0319. The number of benzene rings is 2. The first-order chi connectivity index (χ1) is 12.6. The van der Waals surface area contributed by atoms with Crippen LogP contribution in [0.25, 0.3) is 0 Å². The highest BCUT2D eigenvalue weighted by Crippen LogP contribution is 2.18. The van der Waals surface area contributed by atoms with E-state index in [0.29, 0.717) is 6.54 Å². The fourth-order valence-corrected chi connectivity index (χ4v) is 3.21. The number of carbonyl (C=O) groups is 1. The molecule has 0 aromatic heterocycles. The van der Waals surface area contributed by atoms with Gasteiger partial charge in [0.05, 0.1) is 20.3 Å². The summed E-state index contributed by atoms with van der Waals surface area (Å²) >= 11 is 0. The number of likely N-dealkylation sites (N-methyl/N-ethyl adjacent to an activating group) is 1. The third-order valence-electron chi connectivity index (χ3n) is 5.01. The normalized spacial score (nSPS) is 16.8. The van der Waals surface area contributed by atoms with Crippen molar-refractivity contribution < 1.29 is 14.4 Å². The maximum absolute atomic E-state index is 12.4. The van der Waals surface area contributed by atoms with Gasteiger partial charge in [0.2, 0.25) is 0 Å². The molecule has 1 fully saturated rings. The van der Waals surface area contributed by atoms with Crippen LogP contribution in [0.1, 0.15) is 18.5 Å². The molecule has 1 aliphatic rings. The molecule has 138 valence electrons. The van der Waals surface area contributed by atoms with E-state index in [9.17, 15) is 4.79 Å². The summed E-state index contributed by atoms with van der Waals surface area (Å²) in [6.07, 6.45) is 0. The smallest absolute Gasteiger partial charge is 0.279 e. The molecule has 2 N–H and O–H groups in total. The van der Waals surface area contributed by atoms with E-state index in [1.165, 1.54) is 16.2 Å². The van der Waals surface area contributed by atoms with Gasteiger partial charge in [-0.2, -0.15) is 0 Å². The van der Waals surface area contributed by atoms with Crippen LogP contribution < -0.4 is 15.1 Å². The lowest BCUT2D eigenvalue weighted by molar-refractivity contribution is -0.902. The Hall–Kier alpha value is -2.37. The van der Waals surface area contributed by atoms with Crippen molar-refractivity contribution in [2.45, 2.75) is 13.0 Å². The Morgan fingerprint density at radius 2 is 1.77 bits per heavy atom. The molecule has 1 unspecified atom stereocenters. The lowest BCUT2D eigenvalue weighted by atomic mass is 10.1. The van der Waals surface area contributed by atoms with Crippen LogP contribution in [0.2, 0.25) is 0 Å². The fourth-order valence-electron chi connectivity index (χ4n) is 3.21. The second-order valence-electron chi connectivity index (χ2n) is 6.85. The number of morpholine rings is 1. The third kappa shape index (κ3) is 4.84. The van der Waals surface area contributed by atoms with E-state index in [1.807, 2.05) is 30.3 Å². The van der Waals surface area contributed by atoms with Crippen molar-refractivity contribution in [3.8, 4) is 0 Å². The predicted octanol–water partition coefficient (Wildman–Crippen LogP) is 1.74. The first kappa shape index (κ1) is 18.4. The van der Waals surface area contributed by atoms with Crippen LogP contribution in [0.5, 0.6) is 0 Å². The van der Waals surface area contributed by atoms with Crippen molar-refractivity contribution in [3.63, 3.8) is 0 Å². The Morgan fingerprint density at radius 3 is 2.42 bits per heavy atom. The van der Waals surface area contributed by atoms with Gasteiger partial charge in [-0.3, -0.25) is 4.79 Å². The number of ether oxygens (including phenoxy) is 1. The van der Waals surface area contributed by atoms with Crippen LogP contribution in [-0.2, 0) is 9.53 Å². The molecule has 2 atom stereocenters. The van der Waals surface area contributed by atoms with E-state index in [-0.39, 0.29) is 11.9 Å². The Balaban J connectivity index is 1.52. The molecular weight excluding hydrogens is 326 g/mol. The molecule has 5 nitrogen and oxygen atoms in total. The van der Waals surface area contributed by atoms with Gasteiger partial charge in [0.1, 0.15) is 6.04 Å². The maximum Gasteiger partial charge on any atom is 0.279 e. The Morgan fingerprint density at radius 1 is 1.12 bits per heavy atom. The number of quaternary nitrogens is 1. The monoisotopic (exact) mass is 354 g/mol. The molecule has 0 radical (unpaired) electrons. The molecule has 2 aromatic rings. The molecule has 1 amide bonds. The highest BCUT2D eigenvalue weighted by atomic mass is 16.5. The number of hydrogen-bond donors (Lipinski definition) is 2. The Bertz CT molecular complexity index is 697. The first-order valence-corrected chi connectivity index (χ1v) is 9.23. The van der Waals surface area contributed by atoms with Gasteiger partial charge in [-0.05, 0) is 31.2 Å². The zero-order valence-corrected chi connectivity index (χ0v) is 15.6. The maximum atomic E-state index is 12.4. The summed E-state index contributed by atoms with van der Waals surface area (Å²) in [5, 5.41) is 3.01. The zero-order chi connectivity index (χ0) is 18.4. The average molecular weight is 354 g/mol. The van der Waals surface area contributed by atoms with E-state index in [1.54, 1.807) is 0 Å². The van der Waals surface area contributed by atoms with Gasteiger partial charge < -0.3 is 19.9 Å². The molecule has 0 spiro atoms. The van der Waals surface area contributed by atoms with Crippen molar-refractivity contribution in [1.29, 1.82) is 0 Å². The molecule has 1 saturated heterocycles. The van der Waals surface area contributed by atoms with E-state index in [4.69, 9.17) is 4.74 Å². The van der Waals surface area contributed by atoms with Gasteiger partial charge in [0, 0.05) is 30.0 Å². The van der Waals surface area contributed by atoms with Crippen molar-refractivity contribution >= 4 is 17.3 Å². The summed E-state index contributed by atoms with van der Waals surface area (Å²) in [7, 11) is 2.05. The second kappa shape index (κ2) is 8.83. The standard InChI is InChI=1S/C21H27N3O2/c1-17(18-6-4-3-5-7-18)23(2)16-21(25)22-19-8-10-20(11-9-19)24-12-14-26-15-13-24/h3-11,17H,12-16H2,1-2H3,(H,22,25)/p+1/t17-/m0/s1. The van der Waals surface area contributed by atoms with Gasteiger partial charge >= 0.3 is 0 Å². The lowest BCUT2D eigenvalue weighted by Gasteiger charge is -2.29. The molecule has 5 heteroatoms. The predicted molar refractivity (Wildman–Crippen MR) is 105 cm³/mol. The van der Waals surface area contributed by atoms with Gasteiger partial charge in [-0.1, -0.05) is 30.3 Å². The Labute approximate surface area is 155 Å². The number of carbonyl (C=O) groups excluding carboxylic acids is 1. The lowest BCUT2D eigenvalue weighted by Crippen LogP contribution is -3.10. The molecule has 2 aromatic carbocycles. The SMILES string of the molecule is C[C@@H](c1ccccc1)[NH+](C)CC(=O)Nc1ccc(N2CCOCC2)cc1. The van der Waals surface area contributed by atoms with Crippen LogP contribution >= 0.6 is 0 Å². The highest BCUT2D eigenvalue weighted by Gasteiger charge is 2.18. The molecule has 1 aliphatic heterocycles. The largest absolute Gasteiger partial charge is 0.378 e. The molecule has 26 heavy (non-hydrogen) atoms. The molecule has 1 heterocycles. The summed E-state index contributed by atoms with van der Waals surface area (Å²) in [5.41, 5.74) is 3.26. The number of nitrogens with zero attached hydrogens (tertiary/aromatic N) is 1. The number of amides is 1. The summed E-state index contributed by atoms with van der Waals surface area (Å²) in [4.78, 5) is 15.9. The van der Waals surface area contributed by atoms with Crippen molar-refractivity contribution in [2.24, 2.45) is 0 Å². The zero-order valence-electron chi connectivity index (χ0n) is 15.6. The number of hydrogen-bond acceptors (Lipinski definition) is 3. The third-order valence-corrected chi connectivity index (χ3v) is 5.01. The summed E-state index contributed by atoms with van der Waals surface area (Å²) in [6.45, 7) is 5.95. The average Bonchev–Trinajstić information content (AvgIpc) is 2.69. The van der Waals surface area contributed by atoms with Crippen molar-refractivity contribution in [2.75, 3.05) is 50.1 Å². The van der Waals surface area contributed by atoms with Crippen molar-refractivity contribution in [3.05, 3.63) is 60.2 Å². The number of anilines is 2. The Kier molecular flexibility index (Phi) is 6.26. The molecule has 0 saturated carbocycles. The molecular formula is C21H28N3O2+. The molecule has 0 aliphatic carbocycles. The quantitative estimate of drug-likeness (QED) is 0.831. The fraction of sp³-hybridized carbons (Fsp3) is 0.381. The van der Waals surface area contributed by atoms with Gasteiger partial charge in [0.25, 0.3) is 5.91 Å². The van der Waals surface area contributed by atoms with Crippen LogP contribution in [-0.4, -0.2) is 45.8 Å². The summed E-state index contributed by atoms with van der Waals surface area (Å²) in [5.74, 6) is 0.0319. The highest BCUT2D eigenvalue weighted by molar-refractivity contribution is 5.91. The second-order valence-corrected chi connectivity index (χ2v) is 6.85. The van der Waals surface area contributed by atoms with Crippen LogP contribution in [0, 0.1) is 0 Å². The summed E-state index contributed by atoms with van der Waals surface area (Å²) in [6, 6.07) is 18.6. The van der Waals surface area contributed by atoms with E-state index < -0.39 is 0 Å². The summed E-state index contributed by atoms with van der Waals surface area (Å²) < 4.78 is 5.38. The van der Waals surface area contributed by atoms with Gasteiger partial charge in [-0.25, -0.2) is 0 Å². The topological polar surface area (TPSA) is 46.0 Å². The van der Waals surface area contributed by atoms with Crippen LogP contribution in [0.4, 0.5) is 11.4 Å². The van der Waals surface area contributed by atoms with E-state index in [2.05, 4.69) is 48.5 Å². The number of rotatable bonds is 6. The van der Waals surface area contributed by atoms with Crippen LogP contribution in [0.15, 0.2) is 54.6 Å². The minimum absolute atomic E-state index is 0.0319.